The lowest BCUT2D eigenvalue weighted by atomic mass is 9.77. The predicted molar refractivity (Wildman–Crippen MR) is 92.3 cm³/mol. The Morgan fingerprint density at radius 3 is 2.60 bits per heavy atom. The second-order valence-corrected chi connectivity index (χ2v) is 7.03. The standard InChI is InChI=1S/C18H22ClNO5/c1-2-18(17(22)23)4-3-5-20(11-18)16(21)9-12-8-14-15(10-13(12)19)25-7-6-24-14/h8,10H,2-7,9,11H2,1H3,(H,22,23)/t18-/m1/s1. The number of carboxylic acid groups (broad SMARTS) is 1. The van der Waals surface area contributed by atoms with Gasteiger partial charge in [0.25, 0.3) is 0 Å². The second-order valence-electron chi connectivity index (χ2n) is 6.62. The maximum Gasteiger partial charge on any atom is 0.311 e. The highest BCUT2D eigenvalue weighted by molar-refractivity contribution is 6.31. The molecule has 2 aliphatic heterocycles. The van der Waals surface area contributed by atoms with Gasteiger partial charge in [-0.1, -0.05) is 18.5 Å². The fraction of sp³-hybridized carbons (Fsp3) is 0.556. The Bertz CT molecular complexity index is 692. The van der Waals surface area contributed by atoms with Crippen LogP contribution in [0, 0.1) is 5.41 Å². The smallest absolute Gasteiger partial charge is 0.311 e. The molecular formula is C18H22ClNO5. The van der Waals surface area contributed by atoms with Crippen molar-refractivity contribution in [3.63, 3.8) is 0 Å². The van der Waals surface area contributed by atoms with Crippen LogP contribution in [0.1, 0.15) is 31.7 Å². The van der Waals surface area contributed by atoms with E-state index in [1.165, 1.54) is 0 Å². The van der Waals surface area contributed by atoms with Crippen molar-refractivity contribution in [2.75, 3.05) is 26.3 Å². The Morgan fingerprint density at radius 1 is 1.28 bits per heavy atom. The van der Waals surface area contributed by atoms with Gasteiger partial charge in [0.2, 0.25) is 5.91 Å². The summed E-state index contributed by atoms with van der Waals surface area (Å²) in [5, 5.41) is 10.0. The van der Waals surface area contributed by atoms with Gasteiger partial charge in [-0.25, -0.2) is 0 Å². The molecule has 0 aliphatic carbocycles. The number of hydrogen-bond donors (Lipinski definition) is 1. The fourth-order valence-corrected chi connectivity index (χ4v) is 3.70. The van der Waals surface area contributed by atoms with Gasteiger partial charge in [-0.05, 0) is 30.9 Å². The third-order valence-electron chi connectivity index (χ3n) is 5.11. The monoisotopic (exact) mass is 367 g/mol. The van der Waals surface area contributed by atoms with E-state index < -0.39 is 11.4 Å². The van der Waals surface area contributed by atoms with Gasteiger partial charge in [-0.3, -0.25) is 9.59 Å². The van der Waals surface area contributed by atoms with Gasteiger partial charge in [-0.15, -0.1) is 0 Å². The van der Waals surface area contributed by atoms with Crippen molar-refractivity contribution in [3.05, 3.63) is 22.7 Å². The summed E-state index contributed by atoms with van der Waals surface area (Å²) < 4.78 is 11.0. The van der Waals surface area contributed by atoms with Crippen molar-refractivity contribution < 1.29 is 24.2 Å². The molecule has 0 radical (unpaired) electrons. The average molecular weight is 368 g/mol. The Hall–Kier alpha value is -1.95. The van der Waals surface area contributed by atoms with E-state index in [0.717, 1.165) is 0 Å². The minimum atomic E-state index is -0.843. The van der Waals surface area contributed by atoms with Crippen LogP contribution in [-0.2, 0) is 16.0 Å². The van der Waals surface area contributed by atoms with Crippen LogP contribution in [0.5, 0.6) is 11.5 Å². The third kappa shape index (κ3) is 3.54. The topological polar surface area (TPSA) is 76.1 Å². The SMILES string of the molecule is CC[C@@]1(C(=O)O)CCCN(C(=O)Cc2cc3c(cc2Cl)OCCO3)C1. The number of amides is 1. The van der Waals surface area contributed by atoms with Gasteiger partial charge in [-0.2, -0.15) is 0 Å². The molecule has 1 saturated heterocycles. The van der Waals surface area contributed by atoms with E-state index in [-0.39, 0.29) is 18.9 Å². The van der Waals surface area contributed by atoms with E-state index in [4.69, 9.17) is 21.1 Å². The number of ether oxygens (including phenoxy) is 2. The number of hydrogen-bond acceptors (Lipinski definition) is 4. The van der Waals surface area contributed by atoms with Gasteiger partial charge in [0.15, 0.2) is 11.5 Å². The van der Waals surface area contributed by atoms with Gasteiger partial charge in [0.1, 0.15) is 13.2 Å². The van der Waals surface area contributed by atoms with Crippen molar-refractivity contribution in [2.24, 2.45) is 5.41 Å². The molecule has 2 heterocycles. The van der Waals surface area contributed by atoms with Crippen LogP contribution in [0.2, 0.25) is 5.02 Å². The zero-order valence-corrected chi connectivity index (χ0v) is 15.0. The molecule has 7 heteroatoms. The molecule has 0 bridgehead atoms. The molecule has 0 unspecified atom stereocenters. The van der Waals surface area contributed by atoms with Crippen molar-refractivity contribution in [1.29, 1.82) is 0 Å². The van der Waals surface area contributed by atoms with Crippen LogP contribution in [0.4, 0.5) is 0 Å². The van der Waals surface area contributed by atoms with E-state index in [1.807, 2.05) is 6.92 Å². The molecule has 6 nitrogen and oxygen atoms in total. The molecule has 3 rings (SSSR count). The molecule has 0 spiro atoms. The van der Waals surface area contributed by atoms with Crippen molar-refractivity contribution >= 4 is 23.5 Å². The summed E-state index contributed by atoms with van der Waals surface area (Å²) in [4.78, 5) is 26.0. The highest BCUT2D eigenvalue weighted by Gasteiger charge is 2.42. The number of nitrogens with zero attached hydrogens (tertiary/aromatic N) is 1. The molecule has 1 aromatic rings. The molecule has 1 fully saturated rings. The zero-order valence-electron chi connectivity index (χ0n) is 14.2. The minimum absolute atomic E-state index is 0.114. The zero-order chi connectivity index (χ0) is 18.0. The highest BCUT2D eigenvalue weighted by atomic mass is 35.5. The number of aliphatic carboxylic acids is 1. The van der Waals surface area contributed by atoms with E-state index in [0.29, 0.717) is 61.1 Å². The van der Waals surface area contributed by atoms with E-state index in [2.05, 4.69) is 0 Å². The number of likely N-dealkylation sites (tertiary alicyclic amines) is 1. The van der Waals surface area contributed by atoms with Gasteiger partial charge in [0.05, 0.1) is 11.8 Å². The van der Waals surface area contributed by atoms with Gasteiger partial charge in [0, 0.05) is 24.2 Å². The first-order valence-electron chi connectivity index (χ1n) is 8.54. The van der Waals surface area contributed by atoms with E-state index in [9.17, 15) is 14.7 Å². The van der Waals surface area contributed by atoms with Crippen molar-refractivity contribution in [1.82, 2.24) is 4.90 Å². The second kappa shape index (κ2) is 7.12. The minimum Gasteiger partial charge on any atom is -0.486 e. The summed E-state index contributed by atoms with van der Waals surface area (Å²) in [5.74, 6) is 0.231. The van der Waals surface area contributed by atoms with Crippen LogP contribution < -0.4 is 9.47 Å². The Kier molecular flexibility index (Phi) is 5.08. The summed E-state index contributed by atoms with van der Waals surface area (Å²) in [5.41, 5.74) is -0.177. The number of halogens is 1. The largest absolute Gasteiger partial charge is 0.486 e. The molecule has 136 valence electrons. The number of benzene rings is 1. The predicted octanol–water partition coefficient (Wildman–Crippen LogP) is 2.76. The lowest BCUT2D eigenvalue weighted by Gasteiger charge is -2.39. The molecule has 0 saturated carbocycles. The number of fused-ring (bicyclic) bond motifs is 1. The maximum absolute atomic E-state index is 12.7. The number of carbonyl (C=O) groups excluding carboxylic acids is 1. The Labute approximate surface area is 151 Å². The first-order chi connectivity index (χ1) is 11.9. The summed E-state index contributed by atoms with van der Waals surface area (Å²) in [6.45, 7) is 3.63. The number of carbonyl (C=O) groups is 2. The normalized spacial score (nSPS) is 22.6. The maximum atomic E-state index is 12.7. The van der Waals surface area contributed by atoms with Crippen LogP contribution in [-0.4, -0.2) is 48.2 Å². The first kappa shape index (κ1) is 17.9. The lowest BCUT2D eigenvalue weighted by Crippen LogP contribution is -2.50. The van der Waals surface area contributed by atoms with Gasteiger partial charge >= 0.3 is 5.97 Å². The first-order valence-corrected chi connectivity index (χ1v) is 8.92. The molecule has 25 heavy (non-hydrogen) atoms. The fourth-order valence-electron chi connectivity index (χ4n) is 3.48. The summed E-state index contributed by atoms with van der Waals surface area (Å²) in [6, 6.07) is 3.41. The number of carboxylic acids is 1. The Balaban J connectivity index is 1.75. The molecule has 1 atom stereocenters. The van der Waals surface area contributed by atoms with E-state index in [1.54, 1.807) is 17.0 Å². The van der Waals surface area contributed by atoms with Gasteiger partial charge < -0.3 is 19.5 Å². The van der Waals surface area contributed by atoms with Crippen LogP contribution in [0.3, 0.4) is 0 Å². The molecule has 0 aromatic heterocycles. The average Bonchev–Trinajstić information content (AvgIpc) is 2.62. The summed E-state index contributed by atoms with van der Waals surface area (Å²) in [7, 11) is 0. The number of rotatable bonds is 4. The molecule has 1 N–H and O–H groups in total. The number of piperidine rings is 1. The van der Waals surface area contributed by atoms with Crippen LogP contribution >= 0.6 is 11.6 Å². The summed E-state index contributed by atoms with van der Waals surface area (Å²) in [6.07, 6.45) is 1.93. The molecule has 2 aliphatic rings. The molecular weight excluding hydrogens is 346 g/mol. The van der Waals surface area contributed by atoms with Crippen LogP contribution in [0.15, 0.2) is 12.1 Å². The van der Waals surface area contributed by atoms with Crippen molar-refractivity contribution in [3.8, 4) is 11.5 Å². The summed E-state index contributed by atoms with van der Waals surface area (Å²) >= 11 is 6.28. The third-order valence-corrected chi connectivity index (χ3v) is 5.46. The quantitative estimate of drug-likeness (QED) is 0.885. The Morgan fingerprint density at radius 2 is 1.96 bits per heavy atom. The lowest BCUT2D eigenvalue weighted by molar-refractivity contribution is -0.155. The van der Waals surface area contributed by atoms with Crippen LogP contribution in [0.25, 0.3) is 0 Å². The highest BCUT2D eigenvalue weighted by Crippen LogP contribution is 2.37. The molecule has 1 amide bonds. The molecule has 1 aromatic carbocycles. The van der Waals surface area contributed by atoms with Crippen molar-refractivity contribution in [2.45, 2.75) is 32.6 Å². The van der Waals surface area contributed by atoms with E-state index >= 15 is 0 Å².